The lowest BCUT2D eigenvalue weighted by atomic mass is 10.2. The van der Waals surface area contributed by atoms with Crippen LogP contribution in [0.1, 0.15) is 17.3 Å². The molecule has 0 aliphatic rings. The van der Waals surface area contributed by atoms with Gasteiger partial charge in [-0.15, -0.1) is 0 Å². The van der Waals surface area contributed by atoms with Crippen molar-refractivity contribution in [3.05, 3.63) is 38.3 Å². The number of benzene rings is 1. The first-order valence-electron chi connectivity index (χ1n) is 5.36. The van der Waals surface area contributed by atoms with Crippen LogP contribution < -0.4 is 5.32 Å². The summed E-state index contributed by atoms with van der Waals surface area (Å²) < 4.78 is 11.3. The highest BCUT2D eigenvalue weighted by Crippen LogP contribution is 2.25. The standard InChI is InChI=1S/C11H13BrN2O4S/c1-7(6-19(2)18)13-11(15)8-3-4-9(12)10(5-8)14(16)17/h3-5,7H,6H2,1-2H3,(H,13,15). The van der Waals surface area contributed by atoms with Crippen molar-refractivity contribution >= 4 is 38.3 Å². The maximum absolute atomic E-state index is 11.9. The summed E-state index contributed by atoms with van der Waals surface area (Å²) in [6.07, 6.45) is 1.55. The lowest BCUT2D eigenvalue weighted by Gasteiger charge is -2.12. The molecule has 0 saturated carbocycles. The summed E-state index contributed by atoms with van der Waals surface area (Å²) in [5.41, 5.74) is 0.0306. The molecule has 0 aromatic heterocycles. The maximum atomic E-state index is 11.9. The molecule has 1 rings (SSSR count). The molecule has 0 saturated heterocycles. The zero-order chi connectivity index (χ0) is 14.6. The minimum atomic E-state index is -1.01. The highest BCUT2D eigenvalue weighted by molar-refractivity contribution is 9.10. The number of nitro groups is 1. The molecule has 0 spiro atoms. The molecule has 0 aliphatic heterocycles. The summed E-state index contributed by atoms with van der Waals surface area (Å²) in [6.45, 7) is 1.73. The number of hydrogen-bond acceptors (Lipinski definition) is 4. The lowest BCUT2D eigenvalue weighted by molar-refractivity contribution is -0.385. The van der Waals surface area contributed by atoms with E-state index in [1.807, 2.05) is 0 Å². The van der Waals surface area contributed by atoms with Gasteiger partial charge in [-0.05, 0) is 35.0 Å². The number of carbonyl (C=O) groups excluding carboxylic acids is 1. The Kier molecular flexibility index (Phi) is 5.61. The second-order valence-electron chi connectivity index (χ2n) is 4.04. The predicted molar refractivity (Wildman–Crippen MR) is 76.7 cm³/mol. The van der Waals surface area contributed by atoms with E-state index in [0.717, 1.165) is 0 Å². The van der Waals surface area contributed by atoms with E-state index in [4.69, 9.17) is 0 Å². The Morgan fingerprint density at radius 3 is 2.74 bits per heavy atom. The fraction of sp³-hybridized carbons (Fsp3) is 0.364. The molecule has 0 radical (unpaired) electrons. The Labute approximate surface area is 121 Å². The first-order chi connectivity index (χ1) is 8.81. The zero-order valence-electron chi connectivity index (χ0n) is 10.4. The average molecular weight is 349 g/mol. The Bertz CT molecular complexity index is 535. The van der Waals surface area contributed by atoms with Crippen molar-refractivity contribution in [2.75, 3.05) is 12.0 Å². The second-order valence-corrected chi connectivity index (χ2v) is 6.37. The van der Waals surface area contributed by atoms with Crippen LogP contribution in [0.15, 0.2) is 22.7 Å². The van der Waals surface area contributed by atoms with E-state index in [1.54, 1.807) is 13.2 Å². The molecular weight excluding hydrogens is 336 g/mol. The molecule has 1 amide bonds. The second kappa shape index (κ2) is 6.76. The van der Waals surface area contributed by atoms with Gasteiger partial charge in [0.25, 0.3) is 11.6 Å². The van der Waals surface area contributed by atoms with E-state index in [0.29, 0.717) is 10.2 Å². The first kappa shape index (κ1) is 15.8. The van der Waals surface area contributed by atoms with Gasteiger partial charge >= 0.3 is 0 Å². The molecule has 6 nitrogen and oxygen atoms in total. The third-order valence-electron chi connectivity index (χ3n) is 2.27. The summed E-state index contributed by atoms with van der Waals surface area (Å²) in [5.74, 6) is -0.0850. The molecular formula is C11H13BrN2O4S. The Balaban J connectivity index is 2.86. The van der Waals surface area contributed by atoms with Crippen molar-refractivity contribution in [3.8, 4) is 0 Å². The minimum Gasteiger partial charge on any atom is -0.349 e. The molecule has 0 heterocycles. The number of hydrogen-bond donors (Lipinski definition) is 1. The summed E-state index contributed by atoms with van der Waals surface area (Å²) in [5, 5.41) is 13.4. The topological polar surface area (TPSA) is 89.3 Å². The number of nitro benzene ring substituents is 1. The Morgan fingerprint density at radius 1 is 1.58 bits per heavy atom. The van der Waals surface area contributed by atoms with E-state index in [9.17, 15) is 19.1 Å². The predicted octanol–water partition coefficient (Wildman–Crippen LogP) is 1.85. The van der Waals surface area contributed by atoms with Crippen LogP contribution in [0.25, 0.3) is 0 Å². The van der Waals surface area contributed by atoms with Crippen molar-refractivity contribution in [3.63, 3.8) is 0 Å². The van der Waals surface area contributed by atoms with Crippen LogP contribution in [0, 0.1) is 10.1 Å². The largest absolute Gasteiger partial charge is 0.349 e. The molecule has 1 aromatic carbocycles. The van der Waals surface area contributed by atoms with Gasteiger partial charge in [0.1, 0.15) is 0 Å². The molecule has 2 atom stereocenters. The van der Waals surface area contributed by atoms with E-state index in [1.165, 1.54) is 18.2 Å². The summed E-state index contributed by atoms with van der Waals surface area (Å²) in [4.78, 5) is 22.1. The monoisotopic (exact) mass is 348 g/mol. The highest BCUT2D eigenvalue weighted by Gasteiger charge is 2.17. The molecule has 104 valence electrons. The average Bonchev–Trinajstić information content (AvgIpc) is 2.27. The van der Waals surface area contributed by atoms with E-state index < -0.39 is 21.6 Å². The zero-order valence-corrected chi connectivity index (χ0v) is 12.8. The SMILES string of the molecule is CC(CS(C)=O)NC(=O)c1ccc(Br)c([N+](=O)[O-])c1. The van der Waals surface area contributed by atoms with Gasteiger partial charge in [-0.3, -0.25) is 19.1 Å². The van der Waals surface area contributed by atoms with E-state index in [2.05, 4.69) is 21.2 Å². The molecule has 1 aromatic rings. The number of nitrogens with zero attached hydrogens (tertiary/aromatic N) is 1. The van der Waals surface area contributed by atoms with Crippen LogP contribution in [0.3, 0.4) is 0 Å². The minimum absolute atomic E-state index is 0.167. The van der Waals surface area contributed by atoms with Gasteiger partial charge < -0.3 is 5.32 Å². The molecule has 0 bridgehead atoms. The van der Waals surface area contributed by atoms with Gasteiger partial charge in [-0.1, -0.05) is 0 Å². The Hall–Kier alpha value is -1.28. The number of halogens is 1. The van der Waals surface area contributed by atoms with E-state index >= 15 is 0 Å². The molecule has 2 unspecified atom stereocenters. The van der Waals surface area contributed by atoms with Crippen LogP contribution in [-0.2, 0) is 10.8 Å². The molecule has 1 N–H and O–H groups in total. The third kappa shape index (κ3) is 4.71. The summed E-state index contributed by atoms with van der Waals surface area (Å²) in [7, 11) is -1.01. The normalized spacial score (nSPS) is 13.6. The summed E-state index contributed by atoms with van der Waals surface area (Å²) >= 11 is 3.05. The quantitative estimate of drug-likeness (QED) is 0.649. The highest BCUT2D eigenvalue weighted by atomic mass is 79.9. The fourth-order valence-electron chi connectivity index (χ4n) is 1.49. The van der Waals surface area contributed by atoms with Crippen LogP contribution in [0.4, 0.5) is 5.69 Å². The van der Waals surface area contributed by atoms with Crippen LogP contribution in [0.5, 0.6) is 0 Å². The fourth-order valence-corrected chi connectivity index (χ4v) is 2.67. The van der Waals surface area contributed by atoms with Gasteiger partial charge in [0.2, 0.25) is 0 Å². The number of nitrogens with one attached hydrogen (secondary N) is 1. The summed E-state index contributed by atoms with van der Waals surface area (Å²) in [6, 6.07) is 3.88. The van der Waals surface area contributed by atoms with Crippen LogP contribution >= 0.6 is 15.9 Å². The van der Waals surface area contributed by atoms with Crippen molar-refractivity contribution < 1.29 is 13.9 Å². The van der Waals surface area contributed by atoms with Crippen molar-refractivity contribution in [2.45, 2.75) is 13.0 Å². The van der Waals surface area contributed by atoms with E-state index in [-0.39, 0.29) is 17.3 Å². The Morgan fingerprint density at radius 2 is 2.21 bits per heavy atom. The van der Waals surface area contributed by atoms with Crippen LogP contribution in [0.2, 0.25) is 0 Å². The number of carbonyl (C=O) groups is 1. The van der Waals surface area contributed by atoms with Gasteiger partial charge in [-0.2, -0.15) is 0 Å². The molecule has 0 aliphatic carbocycles. The van der Waals surface area contributed by atoms with Gasteiger partial charge in [-0.25, -0.2) is 0 Å². The number of amides is 1. The van der Waals surface area contributed by atoms with Gasteiger partial charge in [0, 0.05) is 40.5 Å². The first-order valence-corrected chi connectivity index (χ1v) is 7.88. The van der Waals surface area contributed by atoms with Crippen molar-refractivity contribution in [2.24, 2.45) is 0 Å². The number of rotatable bonds is 5. The van der Waals surface area contributed by atoms with Crippen molar-refractivity contribution in [1.82, 2.24) is 5.32 Å². The molecule has 0 fully saturated rings. The maximum Gasteiger partial charge on any atom is 0.284 e. The smallest absolute Gasteiger partial charge is 0.284 e. The molecule has 19 heavy (non-hydrogen) atoms. The lowest BCUT2D eigenvalue weighted by Crippen LogP contribution is -2.36. The third-order valence-corrected chi connectivity index (χ3v) is 3.91. The van der Waals surface area contributed by atoms with Crippen LogP contribution in [-0.4, -0.2) is 33.1 Å². The van der Waals surface area contributed by atoms with Gasteiger partial charge in [0.05, 0.1) is 9.40 Å². The van der Waals surface area contributed by atoms with Crippen molar-refractivity contribution in [1.29, 1.82) is 0 Å². The molecule has 8 heteroatoms. The van der Waals surface area contributed by atoms with Gasteiger partial charge in [0.15, 0.2) is 0 Å².